The molecule has 0 aromatic heterocycles. The van der Waals surface area contributed by atoms with E-state index in [1.165, 1.54) is 0 Å². The van der Waals surface area contributed by atoms with Crippen LogP contribution in [0.15, 0.2) is 91.0 Å². The molecule has 4 aromatic carbocycles. The molecule has 0 saturated heterocycles. The fourth-order valence-corrected chi connectivity index (χ4v) is 5.34. The van der Waals surface area contributed by atoms with Crippen LogP contribution in [-0.4, -0.2) is 40.7 Å². The first-order valence-electron chi connectivity index (χ1n) is 13.7. The molecular formula is C34H35N3O3. The third-order valence-electron chi connectivity index (χ3n) is 7.31. The van der Waals surface area contributed by atoms with E-state index < -0.39 is 11.6 Å². The van der Waals surface area contributed by atoms with Gasteiger partial charge in [0.2, 0.25) is 11.8 Å². The van der Waals surface area contributed by atoms with E-state index in [4.69, 9.17) is 0 Å². The smallest absolute Gasteiger partial charge is 0.259 e. The number of benzene rings is 4. The van der Waals surface area contributed by atoms with Crippen LogP contribution in [0, 0.1) is 6.92 Å². The Labute approximate surface area is 235 Å². The molecule has 5 rings (SSSR count). The third-order valence-corrected chi connectivity index (χ3v) is 7.31. The van der Waals surface area contributed by atoms with Gasteiger partial charge >= 0.3 is 0 Å². The predicted molar refractivity (Wildman–Crippen MR) is 159 cm³/mol. The second-order valence-corrected chi connectivity index (χ2v) is 11.5. The Balaban J connectivity index is 1.53. The molecule has 1 N–H and O–H groups in total. The van der Waals surface area contributed by atoms with E-state index in [0.717, 1.165) is 33.2 Å². The van der Waals surface area contributed by atoms with Gasteiger partial charge in [-0.1, -0.05) is 78.9 Å². The van der Waals surface area contributed by atoms with Gasteiger partial charge in [-0.25, -0.2) is 0 Å². The number of rotatable bonds is 8. The Bertz CT molecular complexity index is 1570. The maximum Gasteiger partial charge on any atom is 0.259 e. The first kappa shape index (κ1) is 27.1. The number of carbonyl (C=O) groups excluding carboxylic acids is 3. The molecule has 0 radical (unpaired) electrons. The van der Waals surface area contributed by atoms with Crippen molar-refractivity contribution < 1.29 is 14.4 Å². The van der Waals surface area contributed by atoms with Crippen LogP contribution in [0.3, 0.4) is 0 Å². The highest BCUT2D eigenvalue weighted by molar-refractivity contribution is 6.26. The number of amides is 3. The monoisotopic (exact) mass is 533 g/mol. The number of aryl methyl sites for hydroxylation is 1. The second-order valence-electron chi connectivity index (χ2n) is 11.5. The highest BCUT2D eigenvalue weighted by Gasteiger charge is 2.36. The number of carbonyl (C=O) groups is 3. The topological polar surface area (TPSA) is 69.7 Å². The van der Waals surface area contributed by atoms with Crippen molar-refractivity contribution >= 4 is 34.2 Å². The van der Waals surface area contributed by atoms with Gasteiger partial charge in [0.15, 0.2) is 0 Å². The lowest BCUT2D eigenvalue weighted by molar-refractivity contribution is -0.140. The number of hydrogen-bond acceptors (Lipinski definition) is 3. The molecule has 1 atom stereocenters. The van der Waals surface area contributed by atoms with Crippen LogP contribution in [0.5, 0.6) is 0 Å². The highest BCUT2D eigenvalue weighted by atomic mass is 16.2. The lowest BCUT2D eigenvalue weighted by atomic mass is 10.00. The van der Waals surface area contributed by atoms with Gasteiger partial charge in [-0.3, -0.25) is 19.3 Å². The molecule has 0 saturated carbocycles. The Morgan fingerprint density at radius 1 is 0.875 bits per heavy atom. The lowest BCUT2D eigenvalue weighted by Crippen LogP contribution is -2.56. The van der Waals surface area contributed by atoms with Crippen molar-refractivity contribution in [2.24, 2.45) is 0 Å². The van der Waals surface area contributed by atoms with Crippen molar-refractivity contribution in [3.63, 3.8) is 0 Å². The molecule has 4 aromatic rings. The molecule has 0 bridgehead atoms. The summed E-state index contributed by atoms with van der Waals surface area (Å²) in [6.07, 6.45) is 0.351. The zero-order valence-electron chi connectivity index (χ0n) is 23.5. The SMILES string of the molecule is Cc1ccccc1CN(C(=O)CN1C(=O)c2cccc3cccc1c23)[C@H](Cc1ccccc1)C(=O)NC(C)(C)C. The summed E-state index contributed by atoms with van der Waals surface area (Å²) in [5, 5.41) is 4.91. The largest absolute Gasteiger partial charge is 0.350 e. The predicted octanol–water partition coefficient (Wildman–Crippen LogP) is 5.66. The minimum atomic E-state index is -0.774. The molecule has 0 aliphatic carbocycles. The van der Waals surface area contributed by atoms with Gasteiger partial charge in [-0.05, 0) is 61.9 Å². The molecule has 204 valence electrons. The standard InChI is InChI=1S/C34H35N3O3/c1-23-12-8-9-15-26(23)21-36(29(32(39)35-34(2,3)4)20-24-13-6-5-7-14-24)30(38)22-37-28-19-11-17-25-16-10-18-27(31(25)28)33(37)40/h5-19,29H,20-22H2,1-4H3,(H,35,39)/t29-/m1/s1. The summed E-state index contributed by atoms with van der Waals surface area (Å²) in [7, 11) is 0. The zero-order chi connectivity index (χ0) is 28.4. The van der Waals surface area contributed by atoms with Gasteiger partial charge in [0, 0.05) is 29.5 Å². The molecule has 6 nitrogen and oxygen atoms in total. The van der Waals surface area contributed by atoms with Gasteiger partial charge < -0.3 is 10.2 Å². The molecule has 0 unspecified atom stereocenters. The lowest BCUT2D eigenvalue weighted by Gasteiger charge is -2.35. The summed E-state index contributed by atoms with van der Waals surface area (Å²) in [6.45, 7) is 7.88. The fourth-order valence-electron chi connectivity index (χ4n) is 5.34. The van der Waals surface area contributed by atoms with E-state index in [1.807, 2.05) is 113 Å². The summed E-state index contributed by atoms with van der Waals surface area (Å²) >= 11 is 0. The summed E-state index contributed by atoms with van der Waals surface area (Å²) in [6, 6.07) is 28.2. The molecule has 40 heavy (non-hydrogen) atoms. The molecule has 3 amide bonds. The van der Waals surface area contributed by atoms with E-state index in [9.17, 15) is 14.4 Å². The van der Waals surface area contributed by atoms with Crippen molar-refractivity contribution in [3.05, 3.63) is 113 Å². The molecule has 1 aliphatic rings. The first-order chi connectivity index (χ1) is 19.1. The van der Waals surface area contributed by atoms with Crippen LogP contribution in [0.25, 0.3) is 10.8 Å². The van der Waals surface area contributed by atoms with Gasteiger partial charge in [-0.15, -0.1) is 0 Å². The van der Waals surface area contributed by atoms with Gasteiger partial charge in [-0.2, -0.15) is 0 Å². The molecule has 1 aliphatic heterocycles. The van der Waals surface area contributed by atoms with Crippen LogP contribution < -0.4 is 10.2 Å². The highest BCUT2D eigenvalue weighted by Crippen LogP contribution is 2.37. The Morgan fingerprint density at radius 3 is 2.25 bits per heavy atom. The minimum absolute atomic E-state index is 0.160. The Morgan fingerprint density at radius 2 is 1.55 bits per heavy atom. The van der Waals surface area contributed by atoms with E-state index >= 15 is 0 Å². The summed E-state index contributed by atoms with van der Waals surface area (Å²) in [5.41, 5.74) is 3.78. The van der Waals surface area contributed by atoms with Crippen LogP contribution in [0.2, 0.25) is 0 Å². The number of hydrogen-bond donors (Lipinski definition) is 1. The fraction of sp³-hybridized carbons (Fsp3) is 0.265. The van der Waals surface area contributed by atoms with Gasteiger partial charge in [0.05, 0.1) is 5.69 Å². The van der Waals surface area contributed by atoms with E-state index in [-0.39, 0.29) is 30.8 Å². The number of nitrogens with zero attached hydrogens (tertiary/aromatic N) is 2. The quantitative estimate of drug-likeness (QED) is 0.318. The van der Waals surface area contributed by atoms with Crippen LogP contribution in [0.4, 0.5) is 5.69 Å². The van der Waals surface area contributed by atoms with E-state index in [1.54, 1.807) is 15.9 Å². The number of nitrogens with one attached hydrogen (secondary N) is 1. The summed E-state index contributed by atoms with van der Waals surface area (Å²) in [5.74, 6) is -0.711. The van der Waals surface area contributed by atoms with Crippen molar-refractivity contribution in [1.82, 2.24) is 10.2 Å². The molecular weight excluding hydrogens is 498 g/mol. The van der Waals surface area contributed by atoms with Crippen LogP contribution in [-0.2, 0) is 22.6 Å². The maximum atomic E-state index is 14.3. The normalized spacial score (nSPS) is 13.4. The van der Waals surface area contributed by atoms with Crippen LogP contribution in [0.1, 0.15) is 47.8 Å². The van der Waals surface area contributed by atoms with E-state index in [0.29, 0.717) is 12.0 Å². The minimum Gasteiger partial charge on any atom is -0.350 e. The second kappa shape index (κ2) is 11.0. The summed E-state index contributed by atoms with van der Waals surface area (Å²) < 4.78 is 0. The Hall–Kier alpha value is -4.45. The van der Waals surface area contributed by atoms with Crippen molar-refractivity contribution in [3.8, 4) is 0 Å². The molecule has 1 heterocycles. The van der Waals surface area contributed by atoms with Crippen molar-refractivity contribution in [2.75, 3.05) is 11.4 Å². The Kier molecular flexibility index (Phi) is 7.44. The number of anilines is 1. The van der Waals surface area contributed by atoms with Gasteiger partial charge in [0.25, 0.3) is 5.91 Å². The average Bonchev–Trinajstić information content (AvgIpc) is 3.19. The van der Waals surface area contributed by atoms with Gasteiger partial charge in [0.1, 0.15) is 12.6 Å². The molecule has 0 spiro atoms. The zero-order valence-corrected chi connectivity index (χ0v) is 23.5. The maximum absolute atomic E-state index is 14.3. The van der Waals surface area contributed by atoms with Crippen molar-refractivity contribution in [2.45, 2.75) is 52.2 Å². The molecule has 0 fully saturated rings. The van der Waals surface area contributed by atoms with Crippen LogP contribution >= 0.6 is 0 Å². The third kappa shape index (κ3) is 5.62. The average molecular weight is 534 g/mol. The van der Waals surface area contributed by atoms with Crippen molar-refractivity contribution in [1.29, 1.82) is 0 Å². The summed E-state index contributed by atoms with van der Waals surface area (Å²) in [4.78, 5) is 44.8. The van der Waals surface area contributed by atoms with E-state index in [2.05, 4.69) is 5.32 Å². The first-order valence-corrected chi connectivity index (χ1v) is 13.7. The molecule has 6 heteroatoms.